The van der Waals surface area contributed by atoms with E-state index in [1.165, 1.54) is 0 Å². The summed E-state index contributed by atoms with van der Waals surface area (Å²) in [5.74, 6) is 0.0162. The van der Waals surface area contributed by atoms with E-state index >= 15 is 0 Å². The molecule has 1 aromatic heterocycles. The summed E-state index contributed by atoms with van der Waals surface area (Å²) in [7, 11) is 1.64. The lowest BCUT2D eigenvalue weighted by atomic mass is 10.1. The Morgan fingerprint density at radius 3 is 2.70 bits per heavy atom. The first-order valence-corrected chi connectivity index (χ1v) is 6.40. The Balaban J connectivity index is 1.90. The molecule has 0 aliphatic heterocycles. The molecule has 5 nitrogen and oxygen atoms in total. The van der Waals surface area contributed by atoms with Gasteiger partial charge >= 0.3 is 0 Å². The normalized spacial score (nSPS) is 10.1. The van der Waals surface area contributed by atoms with Crippen molar-refractivity contribution in [3.63, 3.8) is 0 Å². The van der Waals surface area contributed by atoms with E-state index in [9.17, 15) is 4.79 Å². The Hall–Kier alpha value is -2.56. The molecule has 0 aliphatic carbocycles. The molecule has 1 aromatic carbocycles. The smallest absolute Gasteiger partial charge is 0.224 e. The maximum absolute atomic E-state index is 11.3. The highest BCUT2D eigenvalue weighted by Gasteiger charge is 2.01. The zero-order valence-corrected chi connectivity index (χ0v) is 11.5. The van der Waals surface area contributed by atoms with Crippen molar-refractivity contribution < 1.29 is 4.79 Å². The highest BCUT2D eigenvalue weighted by atomic mass is 16.1. The number of hydrogen-bond acceptors (Lipinski definition) is 3. The highest BCUT2D eigenvalue weighted by molar-refractivity contribution is 5.78. The van der Waals surface area contributed by atoms with Gasteiger partial charge in [0.05, 0.1) is 12.6 Å². The van der Waals surface area contributed by atoms with Crippen LogP contribution < -0.4 is 10.6 Å². The van der Waals surface area contributed by atoms with E-state index < -0.39 is 0 Å². The SMILES string of the molecule is C=Cn1cc(CNc2ccc(CC(=O)NC)cc2)cn1. The van der Waals surface area contributed by atoms with E-state index in [4.69, 9.17) is 0 Å². The van der Waals surface area contributed by atoms with Crippen LogP contribution in [0.1, 0.15) is 11.1 Å². The number of anilines is 1. The minimum absolute atomic E-state index is 0.0162. The average molecular weight is 270 g/mol. The lowest BCUT2D eigenvalue weighted by molar-refractivity contribution is -0.119. The molecule has 2 N–H and O–H groups in total. The van der Waals surface area contributed by atoms with Gasteiger partial charge in [0.25, 0.3) is 0 Å². The number of likely N-dealkylation sites (N-methyl/N-ethyl adjacent to an activating group) is 1. The van der Waals surface area contributed by atoms with Crippen molar-refractivity contribution in [1.29, 1.82) is 0 Å². The van der Waals surface area contributed by atoms with Crippen LogP contribution >= 0.6 is 0 Å². The second-order valence-electron chi connectivity index (χ2n) is 4.41. The van der Waals surface area contributed by atoms with Gasteiger partial charge in [0, 0.05) is 37.2 Å². The van der Waals surface area contributed by atoms with E-state index in [1.54, 1.807) is 24.1 Å². The molecule has 0 unspecified atom stereocenters. The molecule has 1 heterocycles. The summed E-state index contributed by atoms with van der Waals surface area (Å²) >= 11 is 0. The van der Waals surface area contributed by atoms with Crippen LogP contribution in [0.2, 0.25) is 0 Å². The molecule has 0 saturated heterocycles. The summed E-state index contributed by atoms with van der Waals surface area (Å²) in [5.41, 5.74) is 3.09. The zero-order valence-electron chi connectivity index (χ0n) is 11.5. The maximum Gasteiger partial charge on any atom is 0.224 e. The molecular formula is C15H18N4O. The average Bonchev–Trinajstić information content (AvgIpc) is 2.94. The van der Waals surface area contributed by atoms with Crippen LogP contribution in [0, 0.1) is 0 Å². The van der Waals surface area contributed by atoms with Gasteiger partial charge in [-0.05, 0) is 17.7 Å². The fourth-order valence-electron chi connectivity index (χ4n) is 1.79. The van der Waals surface area contributed by atoms with E-state index in [0.29, 0.717) is 13.0 Å². The van der Waals surface area contributed by atoms with Gasteiger partial charge < -0.3 is 10.6 Å². The topological polar surface area (TPSA) is 59.0 Å². The molecular weight excluding hydrogens is 252 g/mol. The van der Waals surface area contributed by atoms with Gasteiger partial charge in [-0.15, -0.1) is 0 Å². The molecule has 0 radical (unpaired) electrons. The Labute approximate surface area is 118 Å². The van der Waals surface area contributed by atoms with Crippen LogP contribution in [0.15, 0.2) is 43.2 Å². The number of benzene rings is 1. The minimum Gasteiger partial charge on any atom is -0.381 e. The van der Waals surface area contributed by atoms with Crippen molar-refractivity contribution in [2.45, 2.75) is 13.0 Å². The minimum atomic E-state index is 0.0162. The number of carbonyl (C=O) groups excluding carboxylic acids is 1. The van der Waals surface area contributed by atoms with E-state index in [1.807, 2.05) is 30.5 Å². The van der Waals surface area contributed by atoms with Crippen molar-refractivity contribution >= 4 is 17.8 Å². The number of nitrogens with zero attached hydrogens (tertiary/aromatic N) is 2. The molecule has 0 spiro atoms. The third-order valence-electron chi connectivity index (χ3n) is 2.94. The van der Waals surface area contributed by atoms with Gasteiger partial charge in [0.1, 0.15) is 0 Å². The molecule has 104 valence electrons. The van der Waals surface area contributed by atoms with Gasteiger partial charge in [-0.3, -0.25) is 4.79 Å². The molecule has 0 atom stereocenters. The van der Waals surface area contributed by atoms with Crippen molar-refractivity contribution in [3.05, 3.63) is 54.4 Å². The number of carbonyl (C=O) groups is 1. The molecule has 2 rings (SSSR count). The van der Waals surface area contributed by atoms with Gasteiger partial charge in [-0.25, -0.2) is 4.68 Å². The third kappa shape index (κ3) is 3.71. The number of rotatable bonds is 6. The van der Waals surface area contributed by atoms with Crippen molar-refractivity contribution in [2.75, 3.05) is 12.4 Å². The van der Waals surface area contributed by atoms with Crippen molar-refractivity contribution in [3.8, 4) is 0 Å². The molecule has 2 aromatic rings. The summed E-state index contributed by atoms with van der Waals surface area (Å²) in [6.45, 7) is 4.35. The fourth-order valence-corrected chi connectivity index (χ4v) is 1.79. The van der Waals surface area contributed by atoms with Crippen LogP contribution in [0.25, 0.3) is 6.20 Å². The predicted octanol–water partition coefficient (Wildman–Crippen LogP) is 1.88. The quantitative estimate of drug-likeness (QED) is 0.842. The molecule has 1 amide bonds. The Morgan fingerprint density at radius 2 is 2.10 bits per heavy atom. The first-order valence-electron chi connectivity index (χ1n) is 6.40. The molecule has 0 saturated carbocycles. The summed E-state index contributed by atoms with van der Waals surface area (Å²) in [5, 5.41) is 10.0. The Kier molecular flexibility index (Phi) is 4.55. The van der Waals surface area contributed by atoms with E-state index in [-0.39, 0.29) is 5.91 Å². The van der Waals surface area contributed by atoms with Crippen LogP contribution in [0.3, 0.4) is 0 Å². The maximum atomic E-state index is 11.3. The summed E-state index contributed by atoms with van der Waals surface area (Å²) in [4.78, 5) is 11.3. The lowest BCUT2D eigenvalue weighted by Gasteiger charge is -2.06. The lowest BCUT2D eigenvalue weighted by Crippen LogP contribution is -2.19. The number of amides is 1. The number of nitrogens with one attached hydrogen (secondary N) is 2. The second kappa shape index (κ2) is 6.56. The monoisotopic (exact) mass is 270 g/mol. The molecule has 0 bridgehead atoms. The van der Waals surface area contributed by atoms with Crippen molar-refractivity contribution in [2.24, 2.45) is 0 Å². The molecule has 0 fully saturated rings. The highest BCUT2D eigenvalue weighted by Crippen LogP contribution is 2.11. The number of hydrogen-bond donors (Lipinski definition) is 2. The summed E-state index contributed by atoms with van der Waals surface area (Å²) in [6, 6.07) is 7.84. The van der Waals surface area contributed by atoms with Gasteiger partial charge in [-0.2, -0.15) is 5.10 Å². The first kappa shape index (κ1) is 13.9. The standard InChI is InChI=1S/C15H18N4O/c1-3-19-11-13(10-18-19)9-17-14-6-4-12(5-7-14)8-15(20)16-2/h3-7,10-11,17H,1,8-9H2,2H3,(H,16,20). The molecule has 20 heavy (non-hydrogen) atoms. The van der Waals surface area contributed by atoms with Crippen LogP contribution in [0.4, 0.5) is 5.69 Å². The predicted molar refractivity (Wildman–Crippen MR) is 80.2 cm³/mol. The summed E-state index contributed by atoms with van der Waals surface area (Å²) < 4.78 is 1.67. The number of aromatic nitrogens is 2. The Morgan fingerprint density at radius 1 is 1.35 bits per heavy atom. The van der Waals surface area contributed by atoms with Gasteiger partial charge in [0.15, 0.2) is 0 Å². The van der Waals surface area contributed by atoms with Crippen LogP contribution in [-0.2, 0) is 17.8 Å². The van der Waals surface area contributed by atoms with Gasteiger partial charge in [0.2, 0.25) is 5.91 Å². The second-order valence-corrected chi connectivity index (χ2v) is 4.41. The van der Waals surface area contributed by atoms with Crippen LogP contribution in [0.5, 0.6) is 0 Å². The fraction of sp³-hybridized carbons (Fsp3) is 0.200. The third-order valence-corrected chi connectivity index (χ3v) is 2.94. The van der Waals surface area contributed by atoms with Crippen LogP contribution in [-0.4, -0.2) is 22.7 Å². The zero-order chi connectivity index (χ0) is 14.4. The van der Waals surface area contributed by atoms with Crippen molar-refractivity contribution in [1.82, 2.24) is 15.1 Å². The van der Waals surface area contributed by atoms with E-state index in [2.05, 4.69) is 22.3 Å². The van der Waals surface area contributed by atoms with Gasteiger partial charge in [-0.1, -0.05) is 18.7 Å². The first-order chi connectivity index (χ1) is 9.71. The molecule has 0 aliphatic rings. The van der Waals surface area contributed by atoms with E-state index in [0.717, 1.165) is 16.8 Å². The Bertz CT molecular complexity index is 586. The summed E-state index contributed by atoms with van der Waals surface area (Å²) in [6.07, 6.45) is 5.77. The molecule has 5 heteroatoms. The largest absolute Gasteiger partial charge is 0.381 e.